The Hall–Kier alpha value is -1.59. The van der Waals surface area contributed by atoms with E-state index in [4.69, 9.17) is 0 Å². The monoisotopic (exact) mass is 295 g/mol. The van der Waals surface area contributed by atoms with Gasteiger partial charge >= 0.3 is 0 Å². The minimum absolute atomic E-state index is 0.189. The van der Waals surface area contributed by atoms with Crippen molar-refractivity contribution >= 4 is 17.1 Å². The van der Waals surface area contributed by atoms with Crippen LogP contribution in [0.3, 0.4) is 0 Å². The molecule has 0 radical (unpaired) electrons. The Labute approximate surface area is 120 Å². The second-order valence-corrected chi connectivity index (χ2v) is 5.70. The third-order valence-electron chi connectivity index (χ3n) is 3.23. The number of likely N-dealkylation sites (N-methyl/N-ethyl adjacent to an activating group) is 1. The molecule has 2 nitrogen and oxygen atoms in total. The van der Waals surface area contributed by atoms with Gasteiger partial charge in [0, 0.05) is 17.0 Å². The smallest absolute Gasteiger partial charge is 0.179 e. The molecule has 1 heterocycles. The van der Waals surface area contributed by atoms with E-state index >= 15 is 0 Å². The number of benzene rings is 1. The van der Waals surface area contributed by atoms with Crippen LogP contribution in [-0.4, -0.2) is 23.8 Å². The SMILES string of the molecule is CC(C(=O)c1ccc(F)c(F)c1)N(C)Cc1cccs1. The topological polar surface area (TPSA) is 20.3 Å². The number of hydrogen-bond acceptors (Lipinski definition) is 3. The first-order valence-corrected chi connectivity index (χ1v) is 7.09. The summed E-state index contributed by atoms with van der Waals surface area (Å²) in [6.45, 7) is 2.41. The minimum atomic E-state index is -0.996. The first-order valence-electron chi connectivity index (χ1n) is 6.21. The van der Waals surface area contributed by atoms with E-state index in [9.17, 15) is 13.6 Å². The highest BCUT2D eigenvalue weighted by atomic mass is 32.1. The lowest BCUT2D eigenvalue weighted by Gasteiger charge is -2.23. The van der Waals surface area contributed by atoms with Gasteiger partial charge in [0.1, 0.15) is 0 Å². The molecule has 5 heteroatoms. The van der Waals surface area contributed by atoms with Crippen molar-refractivity contribution in [3.8, 4) is 0 Å². The number of carbonyl (C=O) groups excluding carboxylic acids is 1. The lowest BCUT2D eigenvalue weighted by Crippen LogP contribution is -2.35. The molecule has 1 unspecified atom stereocenters. The minimum Gasteiger partial charge on any atom is -0.292 e. The summed E-state index contributed by atoms with van der Waals surface area (Å²) in [7, 11) is 1.84. The Balaban J connectivity index is 2.09. The molecule has 0 spiro atoms. The average Bonchev–Trinajstić information content (AvgIpc) is 2.93. The highest BCUT2D eigenvalue weighted by Gasteiger charge is 2.21. The lowest BCUT2D eigenvalue weighted by molar-refractivity contribution is 0.0862. The molecule has 0 aliphatic rings. The van der Waals surface area contributed by atoms with E-state index in [1.807, 2.05) is 29.5 Å². The molecule has 2 rings (SSSR count). The zero-order valence-electron chi connectivity index (χ0n) is 11.3. The van der Waals surface area contributed by atoms with Crippen LogP contribution < -0.4 is 0 Å². The van der Waals surface area contributed by atoms with Gasteiger partial charge in [-0.2, -0.15) is 0 Å². The van der Waals surface area contributed by atoms with Crippen molar-refractivity contribution in [3.05, 3.63) is 57.8 Å². The molecule has 1 aromatic carbocycles. The molecule has 0 saturated carbocycles. The fourth-order valence-electron chi connectivity index (χ4n) is 1.88. The Kier molecular flexibility index (Phi) is 4.62. The van der Waals surface area contributed by atoms with Crippen molar-refractivity contribution < 1.29 is 13.6 Å². The van der Waals surface area contributed by atoms with Crippen LogP contribution in [0.4, 0.5) is 8.78 Å². The van der Waals surface area contributed by atoms with E-state index in [-0.39, 0.29) is 11.3 Å². The highest BCUT2D eigenvalue weighted by Crippen LogP contribution is 2.16. The van der Waals surface area contributed by atoms with Gasteiger partial charge in [0.15, 0.2) is 17.4 Å². The Morgan fingerprint density at radius 2 is 2.05 bits per heavy atom. The number of thiophene rings is 1. The van der Waals surface area contributed by atoms with E-state index in [2.05, 4.69) is 0 Å². The number of carbonyl (C=O) groups is 1. The van der Waals surface area contributed by atoms with E-state index in [1.54, 1.807) is 18.3 Å². The highest BCUT2D eigenvalue weighted by molar-refractivity contribution is 7.09. The number of rotatable bonds is 5. The summed E-state index contributed by atoms with van der Waals surface area (Å²) < 4.78 is 26.0. The second kappa shape index (κ2) is 6.24. The Morgan fingerprint density at radius 1 is 1.30 bits per heavy atom. The summed E-state index contributed by atoms with van der Waals surface area (Å²) in [4.78, 5) is 15.3. The van der Waals surface area contributed by atoms with Crippen molar-refractivity contribution in [2.75, 3.05) is 7.05 Å². The molecule has 0 N–H and O–H groups in total. The van der Waals surface area contributed by atoms with Crippen molar-refractivity contribution in [2.24, 2.45) is 0 Å². The number of halogens is 2. The third-order valence-corrected chi connectivity index (χ3v) is 4.09. The van der Waals surface area contributed by atoms with Crippen molar-refractivity contribution in [1.29, 1.82) is 0 Å². The Morgan fingerprint density at radius 3 is 2.65 bits per heavy atom. The number of hydrogen-bond donors (Lipinski definition) is 0. The molecule has 1 atom stereocenters. The summed E-state index contributed by atoms with van der Waals surface area (Å²) in [5.74, 6) is -2.16. The molecule has 0 saturated heterocycles. The first kappa shape index (κ1) is 14.8. The number of Topliss-reactive ketones (excluding diaryl/α,β-unsaturated/α-hetero) is 1. The summed E-state index contributed by atoms with van der Waals surface area (Å²) in [6.07, 6.45) is 0. The van der Waals surface area contributed by atoms with Crippen LogP contribution in [0.15, 0.2) is 35.7 Å². The molecular weight excluding hydrogens is 280 g/mol. The molecule has 0 bridgehead atoms. The van der Waals surface area contributed by atoms with E-state index < -0.39 is 17.7 Å². The molecule has 1 aromatic heterocycles. The second-order valence-electron chi connectivity index (χ2n) is 4.66. The van der Waals surface area contributed by atoms with Crippen LogP contribution in [0.5, 0.6) is 0 Å². The molecule has 0 amide bonds. The van der Waals surface area contributed by atoms with Crippen LogP contribution in [0.25, 0.3) is 0 Å². The molecule has 106 valence electrons. The molecule has 0 fully saturated rings. The van der Waals surface area contributed by atoms with Gasteiger partial charge in [-0.05, 0) is 43.6 Å². The predicted molar refractivity (Wildman–Crippen MR) is 75.9 cm³/mol. The average molecular weight is 295 g/mol. The maximum absolute atomic E-state index is 13.2. The summed E-state index contributed by atoms with van der Waals surface area (Å²) in [5.41, 5.74) is 0.189. The third kappa shape index (κ3) is 3.29. The van der Waals surface area contributed by atoms with E-state index in [1.165, 1.54) is 6.07 Å². The number of nitrogens with zero attached hydrogens (tertiary/aromatic N) is 1. The van der Waals surface area contributed by atoms with Crippen molar-refractivity contribution in [2.45, 2.75) is 19.5 Å². The zero-order chi connectivity index (χ0) is 14.7. The summed E-state index contributed by atoms with van der Waals surface area (Å²) >= 11 is 1.62. The van der Waals surface area contributed by atoms with Gasteiger partial charge < -0.3 is 0 Å². The molecule has 0 aliphatic heterocycles. The maximum Gasteiger partial charge on any atom is 0.179 e. The van der Waals surface area contributed by atoms with Gasteiger partial charge in [0.2, 0.25) is 0 Å². The molecule has 20 heavy (non-hydrogen) atoms. The summed E-state index contributed by atoms with van der Waals surface area (Å²) in [5, 5.41) is 1.98. The molecule has 0 aliphatic carbocycles. The van der Waals surface area contributed by atoms with Crippen molar-refractivity contribution in [1.82, 2.24) is 4.90 Å². The van der Waals surface area contributed by atoms with Crippen LogP contribution >= 0.6 is 11.3 Å². The van der Waals surface area contributed by atoms with Gasteiger partial charge in [-0.15, -0.1) is 11.3 Å². The normalized spacial score (nSPS) is 12.7. The van der Waals surface area contributed by atoms with Gasteiger partial charge in [-0.1, -0.05) is 6.07 Å². The van der Waals surface area contributed by atoms with Crippen LogP contribution in [0.1, 0.15) is 22.2 Å². The zero-order valence-corrected chi connectivity index (χ0v) is 12.1. The van der Waals surface area contributed by atoms with E-state index in [0.717, 1.165) is 17.0 Å². The summed E-state index contributed by atoms with van der Waals surface area (Å²) in [6, 6.07) is 6.80. The first-order chi connectivity index (χ1) is 9.49. The molecule has 2 aromatic rings. The van der Waals surface area contributed by atoms with Crippen molar-refractivity contribution in [3.63, 3.8) is 0 Å². The standard InChI is InChI=1S/C15H15F2NOS/c1-10(18(2)9-12-4-3-7-20-12)15(19)11-5-6-13(16)14(17)8-11/h3-8,10H,9H2,1-2H3. The fourth-order valence-corrected chi connectivity index (χ4v) is 2.64. The largest absolute Gasteiger partial charge is 0.292 e. The maximum atomic E-state index is 13.2. The van der Waals surface area contributed by atoms with E-state index in [0.29, 0.717) is 6.54 Å². The molecular formula is C15H15F2NOS. The lowest BCUT2D eigenvalue weighted by atomic mass is 10.0. The van der Waals surface area contributed by atoms with Gasteiger partial charge in [-0.25, -0.2) is 8.78 Å². The fraction of sp³-hybridized carbons (Fsp3) is 0.267. The quantitative estimate of drug-likeness (QED) is 0.783. The van der Waals surface area contributed by atoms with Gasteiger partial charge in [0.25, 0.3) is 0 Å². The van der Waals surface area contributed by atoms with Crippen LogP contribution in [0.2, 0.25) is 0 Å². The van der Waals surface area contributed by atoms with Crippen LogP contribution in [0, 0.1) is 11.6 Å². The Bertz CT molecular complexity index is 598. The van der Waals surface area contributed by atoms with Gasteiger partial charge in [-0.3, -0.25) is 9.69 Å². The van der Waals surface area contributed by atoms with Crippen LogP contribution in [-0.2, 0) is 6.54 Å². The number of ketones is 1. The predicted octanol–water partition coefficient (Wildman–Crippen LogP) is 3.73. The van der Waals surface area contributed by atoms with Gasteiger partial charge in [0.05, 0.1) is 6.04 Å².